The fraction of sp³-hybridized carbons (Fsp3) is 0.379. The minimum absolute atomic E-state index is 0.0572. The van der Waals surface area contributed by atoms with Crippen LogP contribution in [0.5, 0.6) is 0 Å². The van der Waals surface area contributed by atoms with Gasteiger partial charge in [0.1, 0.15) is 5.82 Å². The van der Waals surface area contributed by atoms with Gasteiger partial charge in [0.05, 0.1) is 17.2 Å². The minimum atomic E-state index is -0.556. The summed E-state index contributed by atoms with van der Waals surface area (Å²) in [7, 11) is 0. The Morgan fingerprint density at radius 2 is 1.82 bits per heavy atom. The Kier molecular flexibility index (Phi) is 6.46. The van der Waals surface area contributed by atoms with Crippen LogP contribution < -0.4 is 0 Å². The molecule has 176 valence electrons. The molecule has 5 rings (SSSR count). The van der Waals surface area contributed by atoms with Gasteiger partial charge in [-0.1, -0.05) is 54.1 Å². The lowest BCUT2D eigenvalue weighted by Gasteiger charge is -2.40. The average Bonchev–Trinajstić information content (AvgIpc) is 3.36. The Morgan fingerprint density at radius 1 is 1.06 bits per heavy atom. The molecule has 0 spiro atoms. The van der Waals surface area contributed by atoms with Crippen LogP contribution in [-0.4, -0.2) is 35.5 Å². The third-order valence-electron chi connectivity index (χ3n) is 7.37. The molecule has 2 aromatic carbocycles. The Hall–Kier alpha value is -3.05. The second-order valence-electron chi connectivity index (χ2n) is 9.54. The molecular formula is C29H31FN2O2. The van der Waals surface area contributed by atoms with Gasteiger partial charge >= 0.3 is 0 Å². The van der Waals surface area contributed by atoms with Crippen molar-refractivity contribution in [2.24, 2.45) is 0 Å². The largest absolute Gasteiger partial charge is 0.381 e. The number of aromatic nitrogens is 1. The third kappa shape index (κ3) is 4.37. The molecule has 34 heavy (non-hydrogen) atoms. The molecule has 2 fully saturated rings. The van der Waals surface area contributed by atoms with E-state index in [-0.39, 0.29) is 17.8 Å². The highest BCUT2D eigenvalue weighted by Gasteiger charge is 2.47. The van der Waals surface area contributed by atoms with Gasteiger partial charge in [-0.05, 0) is 61.9 Å². The molecule has 0 saturated carbocycles. The van der Waals surface area contributed by atoms with Gasteiger partial charge in [-0.15, -0.1) is 0 Å². The standard InChI is InChI=1S/C29H31FN2O2/c1-21-11-13-23(14-12-21)29(15-18-34-19-16-29)28(33)32-17-5-10-27(32)26-9-4-7-24(31-26)20-22-6-2-3-8-25(22)30/h2-4,6-9,11-14,27H,5,10,15-20H2,1H3/t27-/m0/s1. The topological polar surface area (TPSA) is 42.4 Å². The van der Waals surface area contributed by atoms with E-state index >= 15 is 0 Å². The first-order valence-corrected chi connectivity index (χ1v) is 12.2. The van der Waals surface area contributed by atoms with Crippen molar-refractivity contribution in [1.29, 1.82) is 0 Å². The number of halogens is 1. The van der Waals surface area contributed by atoms with E-state index in [0.717, 1.165) is 36.3 Å². The zero-order valence-electron chi connectivity index (χ0n) is 19.7. The van der Waals surface area contributed by atoms with E-state index < -0.39 is 5.41 Å². The molecule has 0 radical (unpaired) electrons. The molecule has 3 heterocycles. The number of amides is 1. The summed E-state index contributed by atoms with van der Waals surface area (Å²) in [5, 5.41) is 0. The molecule has 5 heteroatoms. The maximum Gasteiger partial charge on any atom is 0.233 e. The average molecular weight is 459 g/mol. The van der Waals surface area contributed by atoms with Crippen molar-refractivity contribution in [2.75, 3.05) is 19.8 Å². The highest BCUT2D eigenvalue weighted by molar-refractivity contribution is 5.89. The number of carbonyl (C=O) groups excluding carboxylic acids is 1. The van der Waals surface area contributed by atoms with Crippen LogP contribution in [0.25, 0.3) is 0 Å². The van der Waals surface area contributed by atoms with Crippen LogP contribution in [0, 0.1) is 12.7 Å². The zero-order chi connectivity index (χ0) is 23.5. The quantitative estimate of drug-likeness (QED) is 0.505. The number of pyridine rings is 1. The first kappa shape index (κ1) is 22.7. The molecule has 2 aliphatic heterocycles. The summed E-state index contributed by atoms with van der Waals surface area (Å²) in [5.41, 5.74) is 4.06. The number of hydrogen-bond acceptors (Lipinski definition) is 3. The fourth-order valence-electron chi connectivity index (χ4n) is 5.43. The third-order valence-corrected chi connectivity index (χ3v) is 7.37. The smallest absolute Gasteiger partial charge is 0.233 e. The maximum absolute atomic E-state index is 14.2. The van der Waals surface area contributed by atoms with E-state index in [1.165, 1.54) is 11.6 Å². The SMILES string of the molecule is Cc1ccc(C2(C(=O)N3CCC[C@H]3c3cccc(Cc4ccccc4F)n3)CCOCC2)cc1. The van der Waals surface area contributed by atoms with Crippen molar-refractivity contribution in [3.8, 4) is 0 Å². The molecule has 4 nitrogen and oxygen atoms in total. The van der Waals surface area contributed by atoms with Crippen molar-refractivity contribution >= 4 is 5.91 Å². The number of ether oxygens (including phenoxy) is 1. The lowest BCUT2D eigenvalue weighted by Crippen LogP contribution is -2.49. The summed E-state index contributed by atoms with van der Waals surface area (Å²) in [6, 6.07) is 21.1. The van der Waals surface area contributed by atoms with Crippen molar-refractivity contribution < 1.29 is 13.9 Å². The van der Waals surface area contributed by atoms with Gasteiger partial charge in [-0.3, -0.25) is 9.78 Å². The van der Waals surface area contributed by atoms with Crippen LogP contribution in [0.2, 0.25) is 0 Å². The van der Waals surface area contributed by atoms with Gasteiger partial charge < -0.3 is 9.64 Å². The number of benzene rings is 2. The highest BCUT2D eigenvalue weighted by Crippen LogP contribution is 2.41. The van der Waals surface area contributed by atoms with Gasteiger partial charge in [-0.25, -0.2) is 4.39 Å². The molecule has 1 amide bonds. The first-order chi connectivity index (χ1) is 16.6. The fourth-order valence-corrected chi connectivity index (χ4v) is 5.43. The van der Waals surface area contributed by atoms with Gasteiger partial charge in [0, 0.05) is 31.9 Å². The van der Waals surface area contributed by atoms with E-state index in [4.69, 9.17) is 9.72 Å². The summed E-state index contributed by atoms with van der Waals surface area (Å²) >= 11 is 0. The van der Waals surface area contributed by atoms with Gasteiger partial charge in [0.25, 0.3) is 0 Å². The molecular weight excluding hydrogens is 427 g/mol. The predicted molar refractivity (Wildman–Crippen MR) is 130 cm³/mol. The summed E-state index contributed by atoms with van der Waals surface area (Å²) in [5.74, 6) is -0.0320. The number of carbonyl (C=O) groups is 1. The molecule has 1 atom stereocenters. The maximum atomic E-state index is 14.2. The molecule has 2 saturated heterocycles. The monoisotopic (exact) mass is 458 g/mol. The van der Waals surface area contributed by atoms with Crippen LogP contribution in [0.3, 0.4) is 0 Å². The molecule has 3 aromatic rings. The van der Waals surface area contributed by atoms with E-state index in [1.807, 2.05) is 29.2 Å². The predicted octanol–water partition coefficient (Wildman–Crippen LogP) is 5.53. The van der Waals surface area contributed by atoms with Crippen LogP contribution in [0.4, 0.5) is 4.39 Å². The summed E-state index contributed by atoms with van der Waals surface area (Å²) in [4.78, 5) is 21.1. The van der Waals surface area contributed by atoms with Gasteiger partial charge in [-0.2, -0.15) is 0 Å². The highest BCUT2D eigenvalue weighted by atomic mass is 19.1. The number of nitrogens with zero attached hydrogens (tertiary/aromatic N) is 2. The summed E-state index contributed by atoms with van der Waals surface area (Å²) in [6.07, 6.45) is 3.67. The second kappa shape index (κ2) is 9.67. The van der Waals surface area contributed by atoms with Crippen LogP contribution in [-0.2, 0) is 21.4 Å². The number of rotatable bonds is 5. The number of hydrogen-bond donors (Lipinski definition) is 0. The van der Waals surface area contributed by atoms with Crippen molar-refractivity contribution in [2.45, 2.75) is 50.5 Å². The Bertz CT molecular complexity index is 1150. The summed E-state index contributed by atoms with van der Waals surface area (Å²) in [6.45, 7) is 3.99. The molecule has 0 N–H and O–H groups in total. The zero-order valence-corrected chi connectivity index (χ0v) is 19.7. The van der Waals surface area contributed by atoms with Crippen LogP contribution in [0.1, 0.15) is 59.8 Å². The summed E-state index contributed by atoms with van der Waals surface area (Å²) < 4.78 is 19.9. The van der Waals surface area contributed by atoms with Gasteiger partial charge in [0.2, 0.25) is 5.91 Å². The first-order valence-electron chi connectivity index (χ1n) is 12.2. The van der Waals surface area contributed by atoms with E-state index in [1.54, 1.807) is 12.1 Å². The van der Waals surface area contributed by atoms with Gasteiger partial charge in [0.15, 0.2) is 0 Å². The molecule has 0 bridgehead atoms. The molecule has 0 aliphatic carbocycles. The van der Waals surface area contributed by atoms with Crippen LogP contribution >= 0.6 is 0 Å². The lowest BCUT2D eigenvalue weighted by atomic mass is 9.72. The van der Waals surface area contributed by atoms with Crippen molar-refractivity contribution in [3.05, 3.63) is 101 Å². The minimum Gasteiger partial charge on any atom is -0.381 e. The molecule has 2 aliphatic rings. The second-order valence-corrected chi connectivity index (χ2v) is 9.54. The Morgan fingerprint density at radius 3 is 2.59 bits per heavy atom. The Balaban J connectivity index is 1.43. The van der Waals surface area contributed by atoms with E-state index in [9.17, 15) is 9.18 Å². The van der Waals surface area contributed by atoms with Crippen molar-refractivity contribution in [3.63, 3.8) is 0 Å². The number of aryl methyl sites for hydroxylation is 1. The van der Waals surface area contributed by atoms with Crippen LogP contribution in [0.15, 0.2) is 66.7 Å². The normalized spacial score (nSPS) is 19.8. The van der Waals surface area contributed by atoms with Crippen molar-refractivity contribution in [1.82, 2.24) is 9.88 Å². The number of likely N-dealkylation sites (tertiary alicyclic amines) is 1. The molecule has 1 aromatic heterocycles. The van der Waals surface area contributed by atoms with E-state index in [2.05, 4.69) is 31.2 Å². The molecule has 0 unspecified atom stereocenters. The lowest BCUT2D eigenvalue weighted by molar-refractivity contribution is -0.142. The Labute approximate surface area is 200 Å². The van der Waals surface area contributed by atoms with E-state index in [0.29, 0.717) is 38.0 Å².